The van der Waals surface area contributed by atoms with E-state index in [1.807, 2.05) is 19.0 Å². The van der Waals surface area contributed by atoms with Crippen molar-refractivity contribution in [2.75, 3.05) is 20.6 Å². The normalized spacial score (nSPS) is 29.8. The molecular weight excluding hydrogens is 202 g/mol. The van der Waals surface area contributed by atoms with Gasteiger partial charge in [0.25, 0.3) is 0 Å². The van der Waals surface area contributed by atoms with E-state index in [0.29, 0.717) is 12.5 Å². The molecule has 1 amide bonds. The third-order valence-corrected chi connectivity index (χ3v) is 3.18. The summed E-state index contributed by atoms with van der Waals surface area (Å²) in [5.41, 5.74) is -0.612. The van der Waals surface area contributed by atoms with E-state index in [0.717, 1.165) is 25.7 Å². The maximum absolute atomic E-state index is 11.7. The molecule has 16 heavy (non-hydrogen) atoms. The first-order valence-corrected chi connectivity index (χ1v) is 5.84. The average molecular weight is 223 g/mol. The SMILES string of the molecule is CC1CCC(C#N)(NC(=O)CN(C)C)CC1. The van der Waals surface area contributed by atoms with Gasteiger partial charge >= 0.3 is 0 Å². The second-order valence-electron chi connectivity index (χ2n) is 5.16. The molecule has 0 spiro atoms. The van der Waals surface area contributed by atoms with Gasteiger partial charge in [-0.3, -0.25) is 4.79 Å². The molecular formula is C12H21N3O. The molecule has 0 atom stereocenters. The standard InChI is InChI=1S/C12H21N3O/c1-10-4-6-12(9-13,7-5-10)14-11(16)8-15(2)3/h10H,4-8H2,1-3H3,(H,14,16). The first-order valence-electron chi connectivity index (χ1n) is 5.84. The molecule has 1 saturated carbocycles. The van der Waals surface area contributed by atoms with E-state index in [-0.39, 0.29) is 5.91 Å². The van der Waals surface area contributed by atoms with Crippen LogP contribution in [0.5, 0.6) is 0 Å². The van der Waals surface area contributed by atoms with Crippen molar-refractivity contribution in [1.82, 2.24) is 10.2 Å². The van der Waals surface area contributed by atoms with E-state index >= 15 is 0 Å². The van der Waals surface area contributed by atoms with Gasteiger partial charge in [0.1, 0.15) is 5.54 Å². The molecule has 1 aliphatic carbocycles. The largest absolute Gasteiger partial charge is 0.337 e. The zero-order chi connectivity index (χ0) is 12.2. The third kappa shape index (κ3) is 3.49. The van der Waals surface area contributed by atoms with Crippen molar-refractivity contribution in [2.45, 2.75) is 38.1 Å². The maximum atomic E-state index is 11.7. The van der Waals surface area contributed by atoms with E-state index in [2.05, 4.69) is 18.3 Å². The Morgan fingerprint density at radius 3 is 2.50 bits per heavy atom. The van der Waals surface area contributed by atoms with Crippen molar-refractivity contribution in [2.24, 2.45) is 5.92 Å². The molecule has 0 heterocycles. The molecule has 0 aliphatic heterocycles. The number of amides is 1. The van der Waals surface area contributed by atoms with Crippen LogP contribution in [0, 0.1) is 17.2 Å². The van der Waals surface area contributed by atoms with Crippen molar-refractivity contribution < 1.29 is 4.79 Å². The third-order valence-electron chi connectivity index (χ3n) is 3.18. The number of nitrogens with one attached hydrogen (secondary N) is 1. The summed E-state index contributed by atoms with van der Waals surface area (Å²) in [7, 11) is 3.70. The topological polar surface area (TPSA) is 56.1 Å². The van der Waals surface area contributed by atoms with E-state index in [1.54, 1.807) is 0 Å². The molecule has 0 aromatic carbocycles. The van der Waals surface area contributed by atoms with Gasteiger partial charge in [0.15, 0.2) is 0 Å². The molecule has 0 aromatic heterocycles. The minimum atomic E-state index is -0.612. The molecule has 4 heteroatoms. The van der Waals surface area contributed by atoms with Crippen LogP contribution in [0.15, 0.2) is 0 Å². The predicted molar refractivity (Wildman–Crippen MR) is 62.7 cm³/mol. The summed E-state index contributed by atoms with van der Waals surface area (Å²) in [6.07, 6.45) is 3.61. The molecule has 0 unspecified atom stereocenters. The monoisotopic (exact) mass is 223 g/mol. The van der Waals surface area contributed by atoms with E-state index in [4.69, 9.17) is 0 Å². The highest BCUT2D eigenvalue weighted by Crippen LogP contribution is 2.31. The number of carbonyl (C=O) groups excluding carboxylic acids is 1. The Kier molecular flexibility index (Phi) is 4.31. The second kappa shape index (κ2) is 5.31. The smallest absolute Gasteiger partial charge is 0.235 e. The molecule has 0 saturated heterocycles. The summed E-state index contributed by atoms with van der Waals surface area (Å²) in [6.45, 7) is 2.54. The van der Waals surface area contributed by atoms with Crippen LogP contribution >= 0.6 is 0 Å². The Balaban J connectivity index is 2.55. The lowest BCUT2D eigenvalue weighted by Crippen LogP contribution is -2.51. The van der Waals surface area contributed by atoms with Gasteiger partial charge in [-0.15, -0.1) is 0 Å². The lowest BCUT2D eigenvalue weighted by atomic mass is 9.78. The fraction of sp³-hybridized carbons (Fsp3) is 0.833. The summed E-state index contributed by atoms with van der Waals surface area (Å²) in [6, 6.07) is 2.29. The highest BCUT2D eigenvalue weighted by Gasteiger charge is 2.35. The number of hydrogen-bond donors (Lipinski definition) is 1. The average Bonchev–Trinajstić information content (AvgIpc) is 2.21. The summed E-state index contributed by atoms with van der Waals surface area (Å²) < 4.78 is 0. The molecule has 1 rings (SSSR count). The Morgan fingerprint density at radius 1 is 1.50 bits per heavy atom. The van der Waals surface area contributed by atoms with Gasteiger partial charge in [-0.05, 0) is 45.7 Å². The van der Waals surface area contributed by atoms with Gasteiger partial charge in [0.05, 0.1) is 12.6 Å². The molecule has 0 aromatic rings. The highest BCUT2D eigenvalue weighted by molar-refractivity contribution is 5.79. The summed E-state index contributed by atoms with van der Waals surface area (Å²) in [4.78, 5) is 13.5. The van der Waals surface area contributed by atoms with E-state index < -0.39 is 5.54 Å². The van der Waals surface area contributed by atoms with Gasteiger partial charge in [-0.1, -0.05) is 6.92 Å². The van der Waals surface area contributed by atoms with Gasteiger partial charge in [0.2, 0.25) is 5.91 Å². The highest BCUT2D eigenvalue weighted by atomic mass is 16.2. The minimum absolute atomic E-state index is 0.0545. The Hall–Kier alpha value is -1.08. The number of nitrogens with zero attached hydrogens (tertiary/aromatic N) is 2. The van der Waals surface area contributed by atoms with Crippen LogP contribution in [0.4, 0.5) is 0 Å². The quantitative estimate of drug-likeness (QED) is 0.780. The molecule has 4 nitrogen and oxygen atoms in total. The van der Waals surface area contributed by atoms with E-state index in [1.165, 1.54) is 0 Å². The first-order chi connectivity index (χ1) is 7.47. The van der Waals surface area contributed by atoms with Crippen molar-refractivity contribution >= 4 is 5.91 Å². The molecule has 90 valence electrons. The minimum Gasteiger partial charge on any atom is -0.337 e. The van der Waals surface area contributed by atoms with Crippen LogP contribution in [-0.2, 0) is 4.79 Å². The van der Waals surface area contributed by atoms with Crippen LogP contribution in [0.1, 0.15) is 32.6 Å². The second-order valence-corrected chi connectivity index (χ2v) is 5.16. The van der Waals surface area contributed by atoms with E-state index in [9.17, 15) is 10.1 Å². The number of rotatable bonds is 3. The number of nitriles is 1. The predicted octanol–water partition coefficient (Wildman–Crippen LogP) is 1.14. The molecule has 0 radical (unpaired) electrons. The van der Waals surface area contributed by atoms with Crippen molar-refractivity contribution in [3.05, 3.63) is 0 Å². The van der Waals surface area contributed by atoms with Gasteiger partial charge in [0, 0.05) is 0 Å². The summed E-state index contributed by atoms with van der Waals surface area (Å²) in [5, 5.41) is 12.1. The van der Waals surface area contributed by atoms with Crippen molar-refractivity contribution in [1.29, 1.82) is 5.26 Å². The summed E-state index contributed by atoms with van der Waals surface area (Å²) >= 11 is 0. The maximum Gasteiger partial charge on any atom is 0.235 e. The Labute approximate surface area is 97.6 Å². The number of likely N-dealkylation sites (N-methyl/N-ethyl adjacent to an activating group) is 1. The first kappa shape index (κ1) is 13.0. The summed E-state index contributed by atoms with van der Waals surface area (Å²) in [5.74, 6) is 0.619. The molecule has 1 aliphatic rings. The van der Waals surface area contributed by atoms with Crippen LogP contribution in [-0.4, -0.2) is 37.0 Å². The molecule has 0 bridgehead atoms. The number of carbonyl (C=O) groups is 1. The van der Waals surface area contributed by atoms with Gasteiger partial charge in [-0.2, -0.15) is 5.26 Å². The van der Waals surface area contributed by atoms with Crippen LogP contribution < -0.4 is 5.32 Å². The molecule has 1 N–H and O–H groups in total. The van der Waals surface area contributed by atoms with Crippen molar-refractivity contribution in [3.63, 3.8) is 0 Å². The van der Waals surface area contributed by atoms with Crippen LogP contribution in [0.2, 0.25) is 0 Å². The lowest BCUT2D eigenvalue weighted by Gasteiger charge is -2.34. The molecule has 1 fully saturated rings. The fourth-order valence-corrected chi connectivity index (χ4v) is 2.11. The van der Waals surface area contributed by atoms with Crippen LogP contribution in [0.25, 0.3) is 0 Å². The van der Waals surface area contributed by atoms with Gasteiger partial charge < -0.3 is 10.2 Å². The zero-order valence-corrected chi connectivity index (χ0v) is 10.4. The Morgan fingerprint density at radius 2 is 2.06 bits per heavy atom. The van der Waals surface area contributed by atoms with Gasteiger partial charge in [-0.25, -0.2) is 0 Å². The lowest BCUT2D eigenvalue weighted by molar-refractivity contribution is -0.123. The Bertz CT molecular complexity index is 285. The van der Waals surface area contributed by atoms with Crippen molar-refractivity contribution in [3.8, 4) is 6.07 Å². The van der Waals surface area contributed by atoms with Crippen LogP contribution in [0.3, 0.4) is 0 Å². The zero-order valence-electron chi connectivity index (χ0n) is 10.4. The number of hydrogen-bond acceptors (Lipinski definition) is 3. The fourth-order valence-electron chi connectivity index (χ4n) is 2.11.